The van der Waals surface area contributed by atoms with Crippen molar-refractivity contribution in [1.29, 1.82) is 0 Å². The maximum atomic E-state index is 5.63. The van der Waals surface area contributed by atoms with Gasteiger partial charge in [-0.15, -0.1) is 0 Å². The Morgan fingerprint density at radius 1 is 1.41 bits per heavy atom. The molecule has 2 atom stereocenters. The van der Waals surface area contributed by atoms with E-state index < -0.39 is 0 Å². The molecule has 1 aliphatic rings. The van der Waals surface area contributed by atoms with Gasteiger partial charge in [-0.3, -0.25) is 0 Å². The van der Waals surface area contributed by atoms with Crippen molar-refractivity contribution in [3.05, 3.63) is 0 Å². The van der Waals surface area contributed by atoms with Gasteiger partial charge in [0.25, 0.3) is 0 Å². The number of anilines is 2. The third kappa shape index (κ3) is 2.95. The molecule has 1 heterocycles. The number of nitrogens with two attached hydrogens (primary N) is 1. The molecule has 2 rings (SSSR count). The Morgan fingerprint density at radius 3 is 2.71 bits per heavy atom. The van der Waals surface area contributed by atoms with Gasteiger partial charge in [0.05, 0.1) is 6.61 Å². The lowest BCUT2D eigenvalue weighted by Gasteiger charge is -2.17. The molecule has 1 aromatic rings. The third-order valence-corrected chi connectivity index (χ3v) is 3.02. The van der Waals surface area contributed by atoms with Gasteiger partial charge < -0.3 is 15.4 Å². The second kappa shape index (κ2) is 4.73. The van der Waals surface area contributed by atoms with Crippen molar-refractivity contribution in [2.24, 2.45) is 11.8 Å². The van der Waals surface area contributed by atoms with Crippen molar-refractivity contribution in [1.82, 2.24) is 15.0 Å². The van der Waals surface area contributed by atoms with E-state index in [9.17, 15) is 0 Å². The fraction of sp³-hybridized carbons (Fsp3) is 0.727. The highest BCUT2D eigenvalue weighted by atomic mass is 16.5. The summed E-state index contributed by atoms with van der Waals surface area (Å²) >= 11 is 0. The Balaban J connectivity index is 2.07. The molecule has 0 saturated heterocycles. The molecule has 1 fully saturated rings. The monoisotopic (exact) mass is 237 g/mol. The second-order valence-corrected chi connectivity index (χ2v) is 4.56. The number of ether oxygens (including phenoxy) is 1. The van der Waals surface area contributed by atoms with Crippen LogP contribution < -0.4 is 15.4 Å². The number of hydrogen-bond donors (Lipinski definition) is 1. The molecule has 2 N–H and O–H groups in total. The molecule has 6 heteroatoms. The summed E-state index contributed by atoms with van der Waals surface area (Å²) < 4.78 is 5.25. The first-order valence-corrected chi connectivity index (χ1v) is 5.95. The van der Waals surface area contributed by atoms with Crippen molar-refractivity contribution >= 4 is 11.9 Å². The van der Waals surface area contributed by atoms with Crippen molar-refractivity contribution in [3.8, 4) is 6.01 Å². The zero-order valence-electron chi connectivity index (χ0n) is 10.6. The molecular weight excluding hydrogens is 218 g/mol. The molecule has 0 bridgehead atoms. The summed E-state index contributed by atoms with van der Waals surface area (Å²) in [6.07, 6.45) is 1.28. The average molecular weight is 237 g/mol. The minimum absolute atomic E-state index is 0.203. The number of nitrogen functional groups attached to an aromatic ring is 1. The fourth-order valence-electron chi connectivity index (χ4n) is 1.81. The molecule has 2 unspecified atom stereocenters. The quantitative estimate of drug-likeness (QED) is 0.821. The highest BCUT2D eigenvalue weighted by molar-refractivity contribution is 5.35. The minimum atomic E-state index is 0.203. The van der Waals surface area contributed by atoms with Crippen LogP contribution in [0.1, 0.15) is 20.3 Å². The van der Waals surface area contributed by atoms with Crippen LogP contribution in [0.2, 0.25) is 0 Å². The van der Waals surface area contributed by atoms with Crippen molar-refractivity contribution in [2.45, 2.75) is 20.3 Å². The Bertz CT molecular complexity index is 397. The highest BCUT2D eigenvalue weighted by Gasteiger charge is 2.33. The van der Waals surface area contributed by atoms with Crippen LogP contribution in [0.3, 0.4) is 0 Å². The van der Waals surface area contributed by atoms with Crippen LogP contribution in [0.25, 0.3) is 0 Å². The summed E-state index contributed by atoms with van der Waals surface area (Å²) in [6, 6.07) is 0.297. The van der Waals surface area contributed by atoms with Crippen LogP contribution in [0, 0.1) is 11.8 Å². The smallest absolute Gasteiger partial charge is 0.323 e. The lowest BCUT2D eigenvalue weighted by atomic mass is 10.3. The van der Waals surface area contributed by atoms with Gasteiger partial charge in [0.2, 0.25) is 11.9 Å². The van der Waals surface area contributed by atoms with E-state index >= 15 is 0 Å². The fourth-order valence-corrected chi connectivity index (χ4v) is 1.81. The first-order valence-electron chi connectivity index (χ1n) is 5.95. The van der Waals surface area contributed by atoms with E-state index in [4.69, 9.17) is 10.5 Å². The minimum Gasteiger partial charge on any atom is -0.464 e. The normalized spacial score (nSPS) is 22.3. The standard InChI is InChI=1S/C11H19N5O/c1-4-17-11-14-9(12)13-10(15-11)16(3)6-8-5-7(8)2/h7-8H,4-6H2,1-3H3,(H2,12,13,14,15). The Morgan fingerprint density at radius 2 is 2.12 bits per heavy atom. The van der Waals surface area contributed by atoms with Crippen molar-refractivity contribution < 1.29 is 4.74 Å². The molecule has 1 aliphatic carbocycles. The van der Waals surface area contributed by atoms with Crippen LogP contribution >= 0.6 is 0 Å². The maximum Gasteiger partial charge on any atom is 0.323 e. The van der Waals surface area contributed by atoms with Crippen LogP contribution in [-0.2, 0) is 0 Å². The predicted octanol–water partition coefficient (Wildman–Crippen LogP) is 0.945. The maximum absolute atomic E-state index is 5.63. The molecule has 0 radical (unpaired) electrons. The molecule has 0 aromatic carbocycles. The van der Waals surface area contributed by atoms with Gasteiger partial charge in [-0.25, -0.2) is 0 Å². The summed E-state index contributed by atoms with van der Waals surface area (Å²) in [5.74, 6) is 2.34. The number of hydrogen-bond acceptors (Lipinski definition) is 6. The molecule has 6 nitrogen and oxygen atoms in total. The van der Waals surface area contributed by atoms with E-state index in [1.165, 1.54) is 6.42 Å². The van der Waals surface area contributed by atoms with E-state index in [1.807, 2.05) is 18.9 Å². The first-order chi connectivity index (χ1) is 8.10. The second-order valence-electron chi connectivity index (χ2n) is 4.56. The lowest BCUT2D eigenvalue weighted by Crippen LogP contribution is -2.23. The zero-order chi connectivity index (χ0) is 12.4. The van der Waals surface area contributed by atoms with Gasteiger partial charge in [-0.1, -0.05) is 6.92 Å². The zero-order valence-corrected chi connectivity index (χ0v) is 10.6. The lowest BCUT2D eigenvalue weighted by molar-refractivity contribution is 0.312. The average Bonchev–Trinajstić information content (AvgIpc) is 2.93. The summed E-state index contributed by atoms with van der Waals surface area (Å²) in [7, 11) is 1.97. The summed E-state index contributed by atoms with van der Waals surface area (Å²) in [6.45, 7) is 5.61. The van der Waals surface area contributed by atoms with Crippen LogP contribution in [0.5, 0.6) is 6.01 Å². The molecule has 1 saturated carbocycles. The topological polar surface area (TPSA) is 77.2 Å². The Kier molecular flexibility index (Phi) is 3.31. The molecule has 0 spiro atoms. The van der Waals surface area contributed by atoms with Gasteiger partial charge in [0, 0.05) is 13.6 Å². The largest absolute Gasteiger partial charge is 0.464 e. The molecule has 0 amide bonds. The van der Waals surface area contributed by atoms with Crippen LogP contribution in [0.15, 0.2) is 0 Å². The number of aromatic nitrogens is 3. The SMILES string of the molecule is CCOc1nc(N)nc(N(C)CC2CC2C)n1. The van der Waals surface area contributed by atoms with E-state index in [2.05, 4.69) is 21.9 Å². The molecule has 1 aromatic heterocycles. The van der Waals surface area contributed by atoms with E-state index in [-0.39, 0.29) is 5.95 Å². The third-order valence-electron chi connectivity index (χ3n) is 3.02. The first kappa shape index (κ1) is 11.9. The number of rotatable bonds is 5. The molecular formula is C11H19N5O. The van der Waals surface area contributed by atoms with Gasteiger partial charge in [0.15, 0.2) is 0 Å². The van der Waals surface area contributed by atoms with Gasteiger partial charge in [0.1, 0.15) is 0 Å². The van der Waals surface area contributed by atoms with Crippen LogP contribution in [0.4, 0.5) is 11.9 Å². The summed E-state index contributed by atoms with van der Waals surface area (Å²) in [5, 5.41) is 0. The molecule has 0 aliphatic heterocycles. The van der Waals surface area contributed by atoms with E-state index in [0.29, 0.717) is 18.6 Å². The van der Waals surface area contributed by atoms with Gasteiger partial charge in [-0.2, -0.15) is 15.0 Å². The summed E-state index contributed by atoms with van der Waals surface area (Å²) in [5.41, 5.74) is 5.63. The predicted molar refractivity (Wildman–Crippen MR) is 65.9 cm³/mol. The van der Waals surface area contributed by atoms with Crippen molar-refractivity contribution in [2.75, 3.05) is 30.8 Å². The highest BCUT2D eigenvalue weighted by Crippen LogP contribution is 2.38. The van der Waals surface area contributed by atoms with Crippen LogP contribution in [-0.4, -0.2) is 35.2 Å². The summed E-state index contributed by atoms with van der Waals surface area (Å²) in [4.78, 5) is 14.3. The van der Waals surface area contributed by atoms with E-state index in [1.54, 1.807) is 0 Å². The number of nitrogens with zero attached hydrogens (tertiary/aromatic N) is 4. The Hall–Kier alpha value is -1.59. The molecule has 94 valence electrons. The van der Waals surface area contributed by atoms with Gasteiger partial charge >= 0.3 is 6.01 Å². The van der Waals surface area contributed by atoms with E-state index in [0.717, 1.165) is 18.4 Å². The molecule has 17 heavy (non-hydrogen) atoms. The van der Waals surface area contributed by atoms with Gasteiger partial charge in [-0.05, 0) is 25.2 Å². The Labute approximate surface area is 101 Å². The van der Waals surface area contributed by atoms with Crippen molar-refractivity contribution in [3.63, 3.8) is 0 Å².